The number of nitrogens with one attached hydrogen (secondary N) is 1. The number of fused-ring (bicyclic) bond motifs is 2. The van der Waals surface area contributed by atoms with E-state index in [1.807, 2.05) is 0 Å². The zero-order valence-corrected chi connectivity index (χ0v) is 12.3. The van der Waals surface area contributed by atoms with E-state index in [4.69, 9.17) is 5.73 Å². The number of carbonyl (C=O) groups is 1. The topological polar surface area (TPSA) is 72.9 Å². The SMILES string of the molecule is NC12CCC(CC1NC(=O)Cn1nc(C(F)F)cc1C(F)F)C2. The van der Waals surface area contributed by atoms with E-state index in [0.717, 1.165) is 25.7 Å². The summed E-state index contributed by atoms with van der Waals surface area (Å²) in [5, 5.41) is 6.15. The number of alkyl halides is 4. The molecule has 1 amide bonds. The molecule has 128 valence electrons. The summed E-state index contributed by atoms with van der Waals surface area (Å²) in [7, 11) is 0. The Hall–Kier alpha value is -1.64. The van der Waals surface area contributed by atoms with E-state index in [1.54, 1.807) is 0 Å². The average molecular weight is 334 g/mol. The van der Waals surface area contributed by atoms with Gasteiger partial charge in [0.1, 0.15) is 17.9 Å². The molecule has 2 aliphatic rings. The van der Waals surface area contributed by atoms with E-state index >= 15 is 0 Å². The van der Waals surface area contributed by atoms with Crippen molar-refractivity contribution >= 4 is 5.91 Å². The summed E-state index contributed by atoms with van der Waals surface area (Å²) in [5.41, 5.74) is 4.36. The molecule has 3 atom stereocenters. The van der Waals surface area contributed by atoms with Crippen molar-refractivity contribution < 1.29 is 22.4 Å². The zero-order chi connectivity index (χ0) is 16.8. The van der Waals surface area contributed by atoms with E-state index in [1.165, 1.54) is 0 Å². The number of carbonyl (C=O) groups excluding carboxylic acids is 1. The highest BCUT2D eigenvalue weighted by molar-refractivity contribution is 5.76. The lowest BCUT2D eigenvalue weighted by atomic mass is 9.89. The largest absolute Gasteiger partial charge is 0.350 e. The van der Waals surface area contributed by atoms with Crippen molar-refractivity contribution in [1.82, 2.24) is 15.1 Å². The Morgan fingerprint density at radius 1 is 1.43 bits per heavy atom. The summed E-state index contributed by atoms with van der Waals surface area (Å²) >= 11 is 0. The molecule has 3 rings (SSSR count). The molecule has 3 N–H and O–H groups in total. The number of hydrogen-bond acceptors (Lipinski definition) is 3. The number of halogens is 4. The minimum atomic E-state index is -2.98. The number of nitrogens with two attached hydrogens (primary N) is 1. The maximum Gasteiger partial charge on any atom is 0.282 e. The first-order chi connectivity index (χ1) is 10.8. The van der Waals surface area contributed by atoms with Crippen LogP contribution in [-0.4, -0.2) is 27.3 Å². The molecule has 23 heavy (non-hydrogen) atoms. The smallest absolute Gasteiger partial charge is 0.282 e. The van der Waals surface area contributed by atoms with Crippen LogP contribution < -0.4 is 11.1 Å². The highest BCUT2D eigenvalue weighted by Crippen LogP contribution is 2.46. The van der Waals surface area contributed by atoms with Gasteiger partial charge in [0.05, 0.1) is 0 Å². The van der Waals surface area contributed by atoms with Gasteiger partial charge < -0.3 is 11.1 Å². The van der Waals surface area contributed by atoms with E-state index in [-0.39, 0.29) is 6.04 Å². The van der Waals surface area contributed by atoms with Crippen molar-refractivity contribution in [1.29, 1.82) is 0 Å². The first-order valence-electron chi connectivity index (χ1n) is 7.50. The van der Waals surface area contributed by atoms with Gasteiger partial charge in [-0.05, 0) is 37.7 Å². The average Bonchev–Trinajstić information content (AvgIpc) is 3.10. The van der Waals surface area contributed by atoms with Crippen LogP contribution in [0.3, 0.4) is 0 Å². The predicted octanol–water partition coefficient (Wildman–Crippen LogP) is 2.14. The Kier molecular flexibility index (Phi) is 4.07. The van der Waals surface area contributed by atoms with Gasteiger partial charge in [0, 0.05) is 11.6 Å². The van der Waals surface area contributed by atoms with Crippen LogP contribution in [0.2, 0.25) is 0 Å². The summed E-state index contributed by atoms with van der Waals surface area (Å²) < 4.78 is 51.6. The molecular formula is C14H18F4N4O. The van der Waals surface area contributed by atoms with E-state index in [2.05, 4.69) is 10.4 Å². The van der Waals surface area contributed by atoms with Gasteiger partial charge in [0.2, 0.25) is 5.91 Å². The molecule has 2 fully saturated rings. The Labute approximate surface area is 130 Å². The van der Waals surface area contributed by atoms with Crippen LogP contribution in [-0.2, 0) is 11.3 Å². The van der Waals surface area contributed by atoms with Crippen LogP contribution in [0.4, 0.5) is 17.6 Å². The second kappa shape index (κ2) is 5.77. The minimum Gasteiger partial charge on any atom is -0.350 e. The monoisotopic (exact) mass is 334 g/mol. The Morgan fingerprint density at radius 2 is 2.17 bits per heavy atom. The summed E-state index contributed by atoms with van der Waals surface area (Å²) in [6, 6.07) is 0.429. The zero-order valence-electron chi connectivity index (χ0n) is 12.3. The van der Waals surface area contributed by atoms with Crippen molar-refractivity contribution in [3.05, 3.63) is 17.5 Å². The molecule has 2 bridgehead atoms. The van der Waals surface area contributed by atoms with E-state index < -0.39 is 42.2 Å². The second-order valence-electron chi connectivity index (χ2n) is 6.45. The van der Waals surface area contributed by atoms with Crippen LogP contribution in [0.1, 0.15) is 49.9 Å². The fourth-order valence-electron chi connectivity index (χ4n) is 3.74. The number of hydrogen-bond donors (Lipinski definition) is 2. The maximum absolute atomic E-state index is 12.9. The summed E-state index contributed by atoms with van der Waals surface area (Å²) in [5.74, 6) is -0.0599. The van der Waals surface area contributed by atoms with Crippen molar-refractivity contribution in [2.24, 2.45) is 11.7 Å². The molecule has 9 heteroatoms. The van der Waals surface area contributed by atoms with Gasteiger partial charge in [-0.25, -0.2) is 17.6 Å². The van der Waals surface area contributed by atoms with E-state index in [0.29, 0.717) is 16.7 Å². The minimum absolute atomic E-state index is 0.200. The first kappa shape index (κ1) is 16.2. The van der Waals surface area contributed by atoms with Crippen LogP contribution >= 0.6 is 0 Å². The molecular weight excluding hydrogens is 316 g/mol. The van der Waals surface area contributed by atoms with Crippen LogP contribution in [0, 0.1) is 5.92 Å². The highest BCUT2D eigenvalue weighted by atomic mass is 19.3. The van der Waals surface area contributed by atoms with Gasteiger partial charge in [0.25, 0.3) is 12.9 Å². The first-order valence-corrected chi connectivity index (χ1v) is 7.50. The molecule has 0 radical (unpaired) electrons. The lowest BCUT2D eigenvalue weighted by Crippen LogP contribution is -2.55. The standard InChI is InChI=1S/C14H18F4N4O/c15-12(16)8-4-9(13(17)18)22(21-8)6-11(23)20-10-3-7-1-2-14(10,19)5-7/h4,7,10,12-13H,1-3,5-6,19H2,(H,20,23). The van der Waals surface area contributed by atoms with Crippen LogP contribution in [0.5, 0.6) is 0 Å². The summed E-state index contributed by atoms with van der Waals surface area (Å²) in [4.78, 5) is 12.1. The van der Waals surface area contributed by atoms with E-state index in [9.17, 15) is 22.4 Å². The van der Waals surface area contributed by atoms with Gasteiger partial charge in [0.15, 0.2) is 0 Å². The highest BCUT2D eigenvalue weighted by Gasteiger charge is 2.49. The van der Waals surface area contributed by atoms with Gasteiger partial charge >= 0.3 is 0 Å². The third-order valence-electron chi connectivity index (χ3n) is 4.86. The molecule has 1 heterocycles. The predicted molar refractivity (Wildman–Crippen MR) is 72.9 cm³/mol. The van der Waals surface area contributed by atoms with Crippen molar-refractivity contribution in [3.63, 3.8) is 0 Å². The molecule has 1 aromatic rings. The third kappa shape index (κ3) is 3.06. The van der Waals surface area contributed by atoms with Crippen molar-refractivity contribution in [2.75, 3.05) is 0 Å². The molecule has 0 saturated heterocycles. The lowest BCUT2D eigenvalue weighted by Gasteiger charge is -2.31. The molecule has 0 aliphatic heterocycles. The molecule has 2 saturated carbocycles. The number of nitrogens with zero attached hydrogens (tertiary/aromatic N) is 2. The third-order valence-corrected chi connectivity index (χ3v) is 4.86. The van der Waals surface area contributed by atoms with Crippen LogP contribution in [0.25, 0.3) is 0 Å². The fraction of sp³-hybridized carbons (Fsp3) is 0.714. The summed E-state index contributed by atoms with van der Waals surface area (Å²) in [6.07, 6.45) is -2.47. The molecule has 1 aromatic heterocycles. The molecule has 0 aromatic carbocycles. The normalized spacial score (nSPS) is 29.7. The van der Waals surface area contributed by atoms with Crippen molar-refractivity contribution in [3.8, 4) is 0 Å². The molecule has 3 unspecified atom stereocenters. The Balaban J connectivity index is 1.68. The maximum atomic E-state index is 12.9. The van der Waals surface area contributed by atoms with Crippen LogP contribution in [0.15, 0.2) is 6.07 Å². The number of rotatable bonds is 5. The summed E-state index contributed by atoms with van der Waals surface area (Å²) in [6.45, 7) is -0.524. The van der Waals surface area contributed by atoms with Gasteiger partial charge in [-0.15, -0.1) is 0 Å². The Bertz CT molecular complexity index is 606. The van der Waals surface area contributed by atoms with Gasteiger partial charge in [-0.1, -0.05) is 0 Å². The molecule has 2 aliphatic carbocycles. The second-order valence-corrected chi connectivity index (χ2v) is 6.45. The molecule has 0 spiro atoms. The molecule has 5 nitrogen and oxygen atoms in total. The van der Waals surface area contributed by atoms with Gasteiger partial charge in [-0.2, -0.15) is 5.10 Å². The number of amides is 1. The van der Waals surface area contributed by atoms with Crippen molar-refractivity contribution in [2.45, 2.75) is 56.7 Å². The fourth-order valence-corrected chi connectivity index (χ4v) is 3.74. The van der Waals surface area contributed by atoms with Gasteiger partial charge in [-0.3, -0.25) is 9.48 Å². The Morgan fingerprint density at radius 3 is 2.70 bits per heavy atom. The number of aromatic nitrogens is 2. The lowest BCUT2D eigenvalue weighted by molar-refractivity contribution is -0.123. The quantitative estimate of drug-likeness (QED) is 0.811.